The summed E-state index contributed by atoms with van der Waals surface area (Å²) >= 11 is 0. The SMILES string of the molecule is c1ccc(-c2cccc(-c3nc(-c4cccc5c4-c4ccccc4C54c5ccccc5-c5c4ccc4ccccc54)nc4ccccc34)c2)cc1. The molecule has 2 nitrogen and oxygen atoms in total. The van der Waals surface area contributed by atoms with Crippen LogP contribution in [0.3, 0.4) is 0 Å². The molecule has 1 unspecified atom stereocenters. The lowest BCUT2D eigenvalue weighted by molar-refractivity contribution is 0.794. The van der Waals surface area contributed by atoms with Crippen LogP contribution in [0.25, 0.3) is 77.7 Å². The van der Waals surface area contributed by atoms with Crippen LogP contribution in [0.5, 0.6) is 0 Å². The molecular weight excluding hydrogens is 617 g/mol. The van der Waals surface area contributed by atoms with E-state index >= 15 is 0 Å². The van der Waals surface area contributed by atoms with Crippen molar-refractivity contribution in [1.29, 1.82) is 0 Å². The molecule has 1 aromatic heterocycles. The van der Waals surface area contributed by atoms with Crippen molar-refractivity contribution < 1.29 is 0 Å². The lowest BCUT2D eigenvalue weighted by Gasteiger charge is -2.30. The molecule has 1 spiro atoms. The molecule has 0 saturated carbocycles. The smallest absolute Gasteiger partial charge is 0.161 e. The van der Waals surface area contributed by atoms with Crippen molar-refractivity contribution in [3.8, 4) is 56.0 Å². The third-order valence-corrected chi connectivity index (χ3v) is 11.1. The minimum Gasteiger partial charge on any atom is -0.228 e. The van der Waals surface area contributed by atoms with Gasteiger partial charge in [-0.1, -0.05) is 170 Å². The van der Waals surface area contributed by atoms with E-state index in [0.717, 1.165) is 33.5 Å². The summed E-state index contributed by atoms with van der Waals surface area (Å²) in [6, 6.07) is 65.9. The third-order valence-electron chi connectivity index (χ3n) is 11.1. The van der Waals surface area contributed by atoms with Gasteiger partial charge in [0.25, 0.3) is 0 Å². The quantitative estimate of drug-likeness (QED) is 0.191. The maximum absolute atomic E-state index is 5.46. The maximum atomic E-state index is 5.46. The average molecular weight is 647 g/mol. The standard InChI is InChI=1S/C49H30N2/c1-2-14-31(15-3-1)33-17-12-18-34(30-33)47-38-22-8-11-27-44(38)50-48(51-47)39-23-13-26-42-46(39)37-21-7-10-25-41(37)49(42)40-24-9-6-20-36(40)45-35-19-5-4-16-32(35)28-29-43(45)49/h1-30H. The number of para-hydroxylation sites is 1. The van der Waals surface area contributed by atoms with Crippen molar-refractivity contribution in [3.05, 3.63) is 204 Å². The first kappa shape index (κ1) is 28.2. The lowest BCUT2D eigenvalue weighted by Crippen LogP contribution is -2.25. The van der Waals surface area contributed by atoms with E-state index in [9.17, 15) is 0 Å². The third kappa shape index (κ3) is 3.87. The Morgan fingerprint density at radius 3 is 1.78 bits per heavy atom. The van der Waals surface area contributed by atoms with Crippen molar-refractivity contribution in [2.75, 3.05) is 0 Å². The Kier molecular flexibility index (Phi) is 5.91. The van der Waals surface area contributed by atoms with Crippen LogP contribution in [0.15, 0.2) is 182 Å². The molecule has 2 aliphatic carbocycles. The zero-order valence-corrected chi connectivity index (χ0v) is 27.7. The summed E-state index contributed by atoms with van der Waals surface area (Å²) in [6.07, 6.45) is 0. The second kappa shape index (κ2) is 10.7. The van der Waals surface area contributed by atoms with Gasteiger partial charge in [0.05, 0.1) is 16.6 Å². The highest BCUT2D eigenvalue weighted by molar-refractivity contribution is 6.07. The molecule has 0 N–H and O–H groups in total. The predicted molar refractivity (Wildman–Crippen MR) is 210 cm³/mol. The monoisotopic (exact) mass is 646 g/mol. The molecular formula is C49H30N2. The van der Waals surface area contributed by atoms with E-state index in [0.29, 0.717) is 0 Å². The molecule has 0 amide bonds. The number of hydrogen-bond acceptors (Lipinski definition) is 2. The Hall–Kier alpha value is -6.64. The van der Waals surface area contributed by atoms with Gasteiger partial charge in [0.2, 0.25) is 0 Å². The fourth-order valence-electron chi connectivity index (χ4n) is 9.04. The molecule has 0 saturated heterocycles. The average Bonchev–Trinajstić information content (AvgIpc) is 3.68. The number of fused-ring (bicyclic) bond motifs is 13. The summed E-state index contributed by atoms with van der Waals surface area (Å²) < 4.78 is 0. The van der Waals surface area contributed by atoms with Gasteiger partial charge < -0.3 is 0 Å². The van der Waals surface area contributed by atoms with Crippen molar-refractivity contribution >= 4 is 21.7 Å². The van der Waals surface area contributed by atoms with Gasteiger partial charge in [0.1, 0.15) is 0 Å². The molecule has 0 fully saturated rings. The van der Waals surface area contributed by atoms with E-state index in [1.807, 2.05) is 0 Å². The Morgan fingerprint density at radius 1 is 0.353 bits per heavy atom. The summed E-state index contributed by atoms with van der Waals surface area (Å²) in [5, 5.41) is 3.60. The predicted octanol–water partition coefficient (Wildman–Crippen LogP) is 12.1. The van der Waals surface area contributed by atoms with Crippen LogP contribution in [0.1, 0.15) is 22.3 Å². The van der Waals surface area contributed by atoms with Gasteiger partial charge in [-0.05, 0) is 78.5 Å². The van der Waals surface area contributed by atoms with Gasteiger partial charge in [0, 0.05) is 16.5 Å². The normalized spacial score (nSPS) is 15.1. The maximum Gasteiger partial charge on any atom is 0.161 e. The van der Waals surface area contributed by atoms with Crippen LogP contribution >= 0.6 is 0 Å². The highest BCUT2D eigenvalue weighted by Crippen LogP contribution is 2.64. The summed E-state index contributed by atoms with van der Waals surface area (Å²) in [7, 11) is 0. The van der Waals surface area contributed by atoms with E-state index in [4.69, 9.17) is 9.97 Å². The molecule has 51 heavy (non-hydrogen) atoms. The van der Waals surface area contributed by atoms with Crippen molar-refractivity contribution in [3.63, 3.8) is 0 Å². The van der Waals surface area contributed by atoms with Gasteiger partial charge in [-0.15, -0.1) is 0 Å². The van der Waals surface area contributed by atoms with E-state index in [1.54, 1.807) is 0 Å². The van der Waals surface area contributed by atoms with E-state index in [1.165, 1.54) is 66.4 Å². The largest absolute Gasteiger partial charge is 0.228 e. The molecule has 1 heterocycles. The van der Waals surface area contributed by atoms with Gasteiger partial charge in [-0.3, -0.25) is 0 Å². The van der Waals surface area contributed by atoms with E-state index in [-0.39, 0.29) is 0 Å². The van der Waals surface area contributed by atoms with Crippen molar-refractivity contribution in [2.24, 2.45) is 0 Å². The van der Waals surface area contributed by atoms with Crippen LogP contribution in [-0.4, -0.2) is 9.97 Å². The molecule has 0 radical (unpaired) electrons. The summed E-state index contributed by atoms with van der Waals surface area (Å²) in [6.45, 7) is 0. The molecule has 9 aromatic rings. The molecule has 11 rings (SSSR count). The van der Waals surface area contributed by atoms with E-state index < -0.39 is 5.41 Å². The molecule has 0 aliphatic heterocycles. The van der Waals surface area contributed by atoms with Crippen molar-refractivity contribution in [1.82, 2.24) is 9.97 Å². The summed E-state index contributed by atoms with van der Waals surface area (Å²) in [4.78, 5) is 10.8. The second-order valence-corrected chi connectivity index (χ2v) is 13.6. The first-order valence-corrected chi connectivity index (χ1v) is 17.6. The highest BCUT2D eigenvalue weighted by Gasteiger charge is 2.52. The van der Waals surface area contributed by atoms with Crippen LogP contribution in [0.2, 0.25) is 0 Å². The van der Waals surface area contributed by atoms with Gasteiger partial charge >= 0.3 is 0 Å². The fraction of sp³-hybridized carbons (Fsp3) is 0.0204. The first-order chi connectivity index (χ1) is 25.3. The number of nitrogens with zero attached hydrogens (tertiary/aromatic N) is 2. The molecule has 1 atom stereocenters. The lowest BCUT2D eigenvalue weighted by atomic mass is 9.70. The number of aromatic nitrogens is 2. The topological polar surface area (TPSA) is 25.8 Å². The van der Waals surface area contributed by atoms with Gasteiger partial charge in [0.15, 0.2) is 5.82 Å². The summed E-state index contributed by atoms with van der Waals surface area (Å²) in [5.74, 6) is 0.738. The van der Waals surface area contributed by atoms with Crippen molar-refractivity contribution in [2.45, 2.75) is 5.41 Å². The number of hydrogen-bond donors (Lipinski definition) is 0. The van der Waals surface area contributed by atoms with Crippen LogP contribution in [0, 0.1) is 0 Å². The minimum absolute atomic E-state index is 0.457. The van der Waals surface area contributed by atoms with E-state index in [2.05, 4.69) is 182 Å². The number of rotatable bonds is 3. The highest BCUT2D eigenvalue weighted by atomic mass is 14.9. The molecule has 0 bridgehead atoms. The van der Waals surface area contributed by atoms with Crippen LogP contribution in [0.4, 0.5) is 0 Å². The molecule has 2 heteroatoms. The molecule has 8 aromatic carbocycles. The Labute approximate surface area is 296 Å². The van der Waals surface area contributed by atoms with Gasteiger partial charge in [-0.2, -0.15) is 0 Å². The Balaban J connectivity index is 1.20. The Bertz CT molecular complexity index is 2870. The Morgan fingerprint density at radius 2 is 0.941 bits per heavy atom. The first-order valence-electron chi connectivity index (χ1n) is 17.6. The number of benzene rings is 8. The van der Waals surface area contributed by atoms with Gasteiger partial charge in [-0.25, -0.2) is 9.97 Å². The molecule has 236 valence electrons. The zero-order valence-electron chi connectivity index (χ0n) is 27.7. The fourth-order valence-corrected chi connectivity index (χ4v) is 9.04. The van der Waals surface area contributed by atoms with Crippen LogP contribution in [-0.2, 0) is 5.41 Å². The van der Waals surface area contributed by atoms with Crippen LogP contribution < -0.4 is 0 Å². The second-order valence-electron chi connectivity index (χ2n) is 13.6. The molecule has 2 aliphatic rings. The summed E-state index contributed by atoms with van der Waals surface area (Å²) in [5.41, 5.74) is 16.2. The zero-order chi connectivity index (χ0) is 33.5. The minimum atomic E-state index is -0.457.